The molecule has 0 saturated carbocycles. The quantitative estimate of drug-likeness (QED) is 0.912. The zero-order chi connectivity index (χ0) is 14.8. The fourth-order valence-corrected chi connectivity index (χ4v) is 4.46. The van der Waals surface area contributed by atoms with Crippen molar-refractivity contribution >= 4 is 17.4 Å². The maximum absolute atomic E-state index is 11.7. The van der Waals surface area contributed by atoms with Gasteiger partial charge in [-0.2, -0.15) is 0 Å². The number of hydrogen-bond acceptors (Lipinski definition) is 5. The number of aryl methyl sites for hydroxylation is 2. The number of aromatic nitrogens is 1. The number of thiazole rings is 1. The summed E-state index contributed by atoms with van der Waals surface area (Å²) in [6.07, 6.45) is 5.42. The molecule has 0 bridgehead atoms. The zero-order valence-electron chi connectivity index (χ0n) is 12.7. The molecule has 1 aromatic heterocycles. The fourth-order valence-electron chi connectivity index (χ4n) is 3.39. The molecule has 2 atom stereocenters. The van der Waals surface area contributed by atoms with E-state index < -0.39 is 0 Å². The van der Waals surface area contributed by atoms with Crippen LogP contribution in [0.5, 0.6) is 0 Å². The number of carbonyl (C=O) groups excluding carboxylic acids is 1. The summed E-state index contributed by atoms with van der Waals surface area (Å²) < 4.78 is 4.84. The number of hydrogen-bond donors (Lipinski definition) is 1. The summed E-state index contributed by atoms with van der Waals surface area (Å²) in [5.41, 5.74) is 1.28. The number of piperidine rings is 1. The van der Waals surface area contributed by atoms with Crippen LogP contribution < -0.4 is 5.32 Å². The van der Waals surface area contributed by atoms with E-state index in [2.05, 4.69) is 17.2 Å². The molecule has 1 aliphatic heterocycles. The topological polar surface area (TPSA) is 54.5 Å². The van der Waals surface area contributed by atoms with E-state index in [-0.39, 0.29) is 6.09 Å². The predicted molar refractivity (Wildman–Crippen MR) is 82.7 cm³/mol. The summed E-state index contributed by atoms with van der Waals surface area (Å²) in [7, 11) is 1.45. The van der Waals surface area contributed by atoms with Crippen molar-refractivity contribution in [3.63, 3.8) is 0 Å². The summed E-state index contributed by atoms with van der Waals surface area (Å²) >= 11 is 1.82. The number of rotatable bonds is 2. The van der Waals surface area contributed by atoms with Gasteiger partial charge in [0.1, 0.15) is 0 Å². The Balaban J connectivity index is 1.65. The van der Waals surface area contributed by atoms with E-state index in [4.69, 9.17) is 4.74 Å². The number of likely N-dealkylation sites (tertiary alicyclic amines) is 1. The molecule has 2 aliphatic rings. The van der Waals surface area contributed by atoms with E-state index in [1.54, 1.807) is 0 Å². The Kier molecular flexibility index (Phi) is 4.45. The molecule has 2 heterocycles. The van der Waals surface area contributed by atoms with Crippen LogP contribution in [0.1, 0.15) is 47.3 Å². The molecule has 116 valence electrons. The number of nitrogens with zero attached hydrogens (tertiary/aromatic N) is 2. The molecular weight excluding hydrogens is 286 g/mol. The lowest BCUT2D eigenvalue weighted by Gasteiger charge is -2.35. The Bertz CT molecular complexity index is 517. The van der Waals surface area contributed by atoms with Crippen LogP contribution in [0.2, 0.25) is 0 Å². The van der Waals surface area contributed by atoms with Crippen LogP contribution in [0.3, 0.4) is 0 Å². The van der Waals surface area contributed by atoms with Gasteiger partial charge in [0, 0.05) is 30.1 Å². The number of amides is 1. The molecule has 0 aromatic carbocycles. The van der Waals surface area contributed by atoms with E-state index in [9.17, 15) is 4.79 Å². The zero-order valence-corrected chi connectivity index (χ0v) is 13.5. The summed E-state index contributed by atoms with van der Waals surface area (Å²) in [5.74, 6) is 0. The minimum absolute atomic E-state index is 0.209. The minimum Gasteiger partial charge on any atom is -0.453 e. The van der Waals surface area contributed by atoms with Crippen molar-refractivity contribution in [2.24, 2.45) is 0 Å². The molecule has 1 fully saturated rings. The molecule has 1 aromatic rings. The number of nitrogens with one attached hydrogen (secondary N) is 1. The molecule has 3 rings (SSSR count). The van der Waals surface area contributed by atoms with Gasteiger partial charge in [-0.05, 0) is 39.0 Å². The average molecular weight is 309 g/mol. The SMILES string of the molecule is COC(=O)N1CCCC(NC2CCCc3nc(C)sc32)C1. The molecule has 1 aliphatic carbocycles. The highest BCUT2D eigenvalue weighted by molar-refractivity contribution is 7.11. The van der Waals surface area contributed by atoms with Crippen molar-refractivity contribution in [1.29, 1.82) is 0 Å². The fraction of sp³-hybridized carbons (Fsp3) is 0.733. The highest BCUT2D eigenvalue weighted by atomic mass is 32.1. The normalized spacial score (nSPS) is 25.5. The molecule has 6 heteroatoms. The number of ether oxygens (including phenoxy) is 1. The second-order valence-electron chi connectivity index (χ2n) is 5.91. The molecule has 0 radical (unpaired) electrons. The molecule has 2 unspecified atom stereocenters. The van der Waals surface area contributed by atoms with Gasteiger partial charge in [0.05, 0.1) is 17.8 Å². The monoisotopic (exact) mass is 309 g/mol. The average Bonchev–Trinajstić information content (AvgIpc) is 2.88. The van der Waals surface area contributed by atoms with Crippen molar-refractivity contribution in [1.82, 2.24) is 15.2 Å². The van der Waals surface area contributed by atoms with Crippen LogP contribution >= 0.6 is 11.3 Å². The summed E-state index contributed by atoms with van der Waals surface area (Å²) in [5, 5.41) is 4.92. The van der Waals surface area contributed by atoms with Crippen LogP contribution in [-0.2, 0) is 11.2 Å². The molecule has 1 N–H and O–H groups in total. The van der Waals surface area contributed by atoms with Gasteiger partial charge in [-0.3, -0.25) is 0 Å². The van der Waals surface area contributed by atoms with Gasteiger partial charge in [0.15, 0.2) is 0 Å². The van der Waals surface area contributed by atoms with Crippen LogP contribution in [-0.4, -0.2) is 42.2 Å². The van der Waals surface area contributed by atoms with E-state index >= 15 is 0 Å². The first-order valence-corrected chi connectivity index (χ1v) is 8.54. The number of methoxy groups -OCH3 is 1. The van der Waals surface area contributed by atoms with Gasteiger partial charge in [0.25, 0.3) is 0 Å². The van der Waals surface area contributed by atoms with Crippen LogP contribution in [0.25, 0.3) is 0 Å². The second kappa shape index (κ2) is 6.32. The first-order chi connectivity index (χ1) is 10.2. The number of carbonyl (C=O) groups is 1. The Morgan fingerprint density at radius 3 is 3.10 bits per heavy atom. The largest absolute Gasteiger partial charge is 0.453 e. The second-order valence-corrected chi connectivity index (χ2v) is 7.15. The van der Waals surface area contributed by atoms with Crippen molar-refractivity contribution in [3.8, 4) is 0 Å². The molecule has 1 amide bonds. The summed E-state index contributed by atoms with van der Waals surface area (Å²) in [6, 6.07) is 0.763. The van der Waals surface area contributed by atoms with Gasteiger partial charge in [-0.1, -0.05) is 0 Å². The molecule has 5 nitrogen and oxygen atoms in total. The summed E-state index contributed by atoms with van der Waals surface area (Å²) in [6.45, 7) is 3.64. The lowest BCUT2D eigenvalue weighted by molar-refractivity contribution is 0.105. The maximum atomic E-state index is 11.7. The van der Waals surface area contributed by atoms with Gasteiger partial charge in [-0.25, -0.2) is 9.78 Å². The van der Waals surface area contributed by atoms with E-state index in [1.165, 1.54) is 30.5 Å². The summed E-state index contributed by atoms with van der Waals surface area (Å²) in [4.78, 5) is 19.5. The Morgan fingerprint density at radius 2 is 2.29 bits per heavy atom. The third kappa shape index (κ3) is 3.21. The van der Waals surface area contributed by atoms with Crippen LogP contribution in [0.4, 0.5) is 4.79 Å². The lowest BCUT2D eigenvalue weighted by atomic mass is 9.96. The lowest BCUT2D eigenvalue weighted by Crippen LogP contribution is -2.49. The Labute approximate surface area is 129 Å². The maximum Gasteiger partial charge on any atom is 0.409 e. The van der Waals surface area contributed by atoms with Gasteiger partial charge in [-0.15, -0.1) is 11.3 Å². The Morgan fingerprint density at radius 1 is 1.43 bits per heavy atom. The van der Waals surface area contributed by atoms with Gasteiger partial charge in [0.2, 0.25) is 0 Å². The van der Waals surface area contributed by atoms with Gasteiger partial charge < -0.3 is 15.0 Å². The van der Waals surface area contributed by atoms with Gasteiger partial charge >= 0.3 is 6.09 Å². The molecule has 0 spiro atoms. The highest BCUT2D eigenvalue weighted by Crippen LogP contribution is 2.34. The minimum atomic E-state index is -0.209. The standard InChI is InChI=1S/C15H23N3O2S/c1-10-16-12-6-3-7-13(14(12)21-10)17-11-5-4-8-18(9-11)15(19)20-2/h11,13,17H,3-9H2,1-2H3. The smallest absolute Gasteiger partial charge is 0.409 e. The van der Waals surface area contributed by atoms with E-state index in [0.717, 1.165) is 37.4 Å². The molecule has 1 saturated heterocycles. The third-order valence-corrected chi connectivity index (χ3v) is 5.48. The molecular formula is C15H23N3O2S. The third-order valence-electron chi connectivity index (χ3n) is 4.35. The van der Waals surface area contributed by atoms with Crippen LogP contribution in [0, 0.1) is 6.92 Å². The molecule has 21 heavy (non-hydrogen) atoms. The van der Waals surface area contributed by atoms with Crippen LogP contribution in [0.15, 0.2) is 0 Å². The van der Waals surface area contributed by atoms with E-state index in [0.29, 0.717) is 12.1 Å². The Hall–Kier alpha value is -1.14. The highest BCUT2D eigenvalue weighted by Gasteiger charge is 2.29. The van der Waals surface area contributed by atoms with E-state index in [1.807, 2.05) is 16.2 Å². The van der Waals surface area contributed by atoms with Crippen molar-refractivity contribution < 1.29 is 9.53 Å². The van der Waals surface area contributed by atoms with Crippen molar-refractivity contribution in [2.75, 3.05) is 20.2 Å². The predicted octanol–water partition coefficient (Wildman–Crippen LogP) is 2.65. The first-order valence-electron chi connectivity index (χ1n) is 7.72. The van der Waals surface area contributed by atoms with Crippen molar-refractivity contribution in [3.05, 3.63) is 15.6 Å². The first kappa shape index (κ1) is 14.8. The number of fused-ring (bicyclic) bond motifs is 1. The van der Waals surface area contributed by atoms with Crippen molar-refractivity contribution in [2.45, 2.75) is 51.1 Å².